The van der Waals surface area contributed by atoms with Gasteiger partial charge in [0.15, 0.2) is 0 Å². The molecule has 1 unspecified atom stereocenters. The minimum Gasteiger partial charge on any atom is -0.472 e. The van der Waals surface area contributed by atoms with Gasteiger partial charge >= 0.3 is 0 Å². The Balaban J connectivity index is 1.99. The summed E-state index contributed by atoms with van der Waals surface area (Å²) >= 11 is 0. The van der Waals surface area contributed by atoms with Crippen molar-refractivity contribution in [3.05, 3.63) is 48.4 Å². The number of nitrogens with two attached hydrogens (primary N) is 1. The molecule has 1 aromatic heterocycles. The number of furan rings is 1. The highest BCUT2D eigenvalue weighted by Crippen LogP contribution is 2.36. The Morgan fingerprint density at radius 1 is 1.21 bits per heavy atom. The van der Waals surface area contributed by atoms with Crippen molar-refractivity contribution in [2.24, 2.45) is 5.73 Å². The molecule has 19 heavy (non-hydrogen) atoms. The first-order valence-corrected chi connectivity index (χ1v) is 6.60. The molecule has 1 aliphatic heterocycles. The summed E-state index contributed by atoms with van der Waals surface area (Å²) in [4.78, 5) is 4.66. The fourth-order valence-electron chi connectivity index (χ4n) is 2.76. The molecule has 0 aliphatic carbocycles. The molecule has 2 heterocycles. The molecule has 4 nitrogen and oxygen atoms in total. The van der Waals surface area contributed by atoms with Gasteiger partial charge in [0.25, 0.3) is 0 Å². The molecule has 2 N–H and O–H groups in total. The molecule has 1 aliphatic rings. The van der Waals surface area contributed by atoms with Crippen LogP contribution in [0.25, 0.3) is 0 Å². The van der Waals surface area contributed by atoms with Crippen molar-refractivity contribution >= 4 is 11.4 Å². The van der Waals surface area contributed by atoms with E-state index in [9.17, 15) is 0 Å². The maximum atomic E-state index is 5.99. The normalized spacial score (nSPS) is 16.3. The molecule has 0 spiro atoms. The van der Waals surface area contributed by atoms with Gasteiger partial charge in [0, 0.05) is 32.2 Å². The second-order valence-corrected chi connectivity index (χ2v) is 4.91. The van der Waals surface area contributed by atoms with Crippen molar-refractivity contribution in [2.75, 3.05) is 36.5 Å². The van der Waals surface area contributed by atoms with E-state index in [4.69, 9.17) is 10.2 Å². The zero-order valence-electron chi connectivity index (χ0n) is 11.1. The van der Waals surface area contributed by atoms with E-state index in [1.165, 1.54) is 11.4 Å². The van der Waals surface area contributed by atoms with Gasteiger partial charge in [-0.15, -0.1) is 0 Å². The Morgan fingerprint density at radius 3 is 2.68 bits per heavy atom. The molecule has 0 saturated heterocycles. The number of anilines is 2. The van der Waals surface area contributed by atoms with E-state index in [2.05, 4.69) is 41.1 Å². The predicted octanol–water partition coefficient (Wildman–Crippen LogP) is 2.24. The lowest BCUT2D eigenvalue weighted by Gasteiger charge is -2.41. The highest BCUT2D eigenvalue weighted by molar-refractivity contribution is 5.73. The van der Waals surface area contributed by atoms with Gasteiger partial charge in [-0.25, -0.2) is 0 Å². The van der Waals surface area contributed by atoms with Crippen LogP contribution in [0.2, 0.25) is 0 Å². The van der Waals surface area contributed by atoms with Crippen LogP contribution in [0.3, 0.4) is 0 Å². The molecule has 4 heteroatoms. The molecular formula is C15H19N3O. The first-order chi connectivity index (χ1) is 9.31. The Kier molecular flexibility index (Phi) is 3.17. The lowest BCUT2D eigenvalue weighted by atomic mass is 10.1. The van der Waals surface area contributed by atoms with Crippen LogP contribution in [-0.4, -0.2) is 26.7 Å². The number of hydrogen-bond donors (Lipinski definition) is 1. The number of nitrogens with zero attached hydrogens (tertiary/aromatic N) is 2. The van der Waals surface area contributed by atoms with Crippen molar-refractivity contribution in [3.63, 3.8) is 0 Å². The topological polar surface area (TPSA) is 45.6 Å². The van der Waals surface area contributed by atoms with Crippen LogP contribution in [0.15, 0.2) is 47.3 Å². The van der Waals surface area contributed by atoms with E-state index in [1.54, 1.807) is 12.5 Å². The molecule has 2 aromatic rings. The average Bonchev–Trinajstić information content (AvgIpc) is 2.96. The summed E-state index contributed by atoms with van der Waals surface area (Å²) in [5.41, 5.74) is 9.63. The molecule has 0 amide bonds. The molecule has 0 saturated carbocycles. The second-order valence-electron chi connectivity index (χ2n) is 4.91. The Labute approximate surface area is 113 Å². The first-order valence-electron chi connectivity index (χ1n) is 6.60. The van der Waals surface area contributed by atoms with Gasteiger partial charge < -0.3 is 20.0 Å². The SMILES string of the molecule is CN1CCN(C(CN)c2ccoc2)c2ccccc21. The Hall–Kier alpha value is -1.94. The molecular weight excluding hydrogens is 238 g/mol. The van der Waals surface area contributed by atoms with Crippen LogP contribution < -0.4 is 15.5 Å². The molecule has 1 aromatic carbocycles. The van der Waals surface area contributed by atoms with E-state index in [0.29, 0.717) is 6.54 Å². The lowest BCUT2D eigenvalue weighted by Crippen LogP contribution is -2.43. The lowest BCUT2D eigenvalue weighted by molar-refractivity contribution is 0.550. The number of fused-ring (bicyclic) bond motifs is 1. The summed E-state index contributed by atoms with van der Waals surface area (Å²) in [5.74, 6) is 0. The van der Waals surface area contributed by atoms with E-state index >= 15 is 0 Å². The molecule has 0 radical (unpaired) electrons. The van der Waals surface area contributed by atoms with Crippen LogP contribution in [0.4, 0.5) is 11.4 Å². The average molecular weight is 257 g/mol. The number of benzene rings is 1. The van der Waals surface area contributed by atoms with Crippen LogP contribution in [0, 0.1) is 0 Å². The summed E-state index contributed by atoms with van der Waals surface area (Å²) in [6.45, 7) is 2.56. The Bertz CT molecular complexity index is 538. The fourth-order valence-corrected chi connectivity index (χ4v) is 2.76. The fraction of sp³-hybridized carbons (Fsp3) is 0.333. The van der Waals surface area contributed by atoms with E-state index in [0.717, 1.165) is 18.7 Å². The first kappa shape index (κ1) is 12.1. The summed E-state index contributed by atoms with van der Waals surface area (Å²) in [6, 6.07) is 10.6. The predicted molar refractivity (Wildman–Crippen MR) is 77.6 cm³/mol. The smallest absolute Gasteiger partial charge is 0.0955 e. The standard InChI is InChI=1S/C15H19N3O/c1-17-7-8-18(14-5-3-2-4-13(14)17)15(10-16)12-6-9-19-11-12/h2-6,9,11,15H,7-8,10,16H2,1H3. The quantitative estimate of drug-likeness (QED) is 0.916. The minimum absolute atomic E-state index is 0.175. The zero-order chi connectivity index (χ0) is 13.2. The maximum Gasteiger partial charge on any atom is 0.0955 e. The third-order valence-corrected chi connectivity index (χ3v) is 3.81. The highest BCUT2D eigenvalue weighted by Gasteiger charge is 2.26. The third kappa shape index (κ3) is 2.08. The van der Waals surface area contributed by atoms with E-state index in [-0.39, 0.29) is 6.04 Å². The van der Waals surface area contributed by atoms with Crippen molar-refractivity contribution < 1.29 is 4.42 Å². The van der Waals surface area contributed by atoms with Crippen LogP contribution >= 0.6 is 0 Å². The van der Waals surface area contributed by atoms with Gasteiger partial charge in [0.1, 0.15) is 0 Å². The number of hydrogen-bond acceptors (Lipinski definition) is 4. The summed E-state index contributed by atoms with van der Waals surface area (Å²) in [7, 11) is 2.13. The monoisotopic (exact) mass is 257 g/mol. The minimum atomic E-state index is 0.175. The third-order valence-electron chi connectivity index (χ3n) is 3.81. The van der Waals surface area contributed by atoms with Gasteiger partial charge in [-0.1, -0.05) is 12.1 Å². The maximum absolute atomic E-state index is 5.99. The Morgan fingerprint density at radius 2 is 2.00 bits per heavy atom. The number of rotatable bonds is 3. The molecule has 0 bridgehead atoms. The van der Waals surface area contributed by atoms with Gasteiger partial charge in [0.05, 0.1) is 29.9 Å². The van der Waals surface area contributed by atoms with Gasteiger partial charge in [0.2, 0.25) is 0 Å². The van der Waals surface area contributed by atoms with Gasteiger partial charge in [-0.3, -0.25) is 0 Å². The molecule has 3 rings (SSSR count). The van der Waals surface area contributed by atoms with Gasteiger partial charge in [-0.05, 0) is 18.2 Å². The van der Waals surface area contributed by atoms with Crippen LogP contribution in [0.1, 0.15) is 11.6 Å². The molecule has 100 valence electrons. The zero-order valence-corrected chi connectivity index (χ0v) is 11.1. The number of likely N-dealkylation sites (N-methyl/N-ethyl adjacent to an activating group) is 1. The number of para-hydroxylation sites is 2. The van der Waals surface area contributed by atoms with Crippen molar-refractivity contribution in [3.8, 4) is 0 Å². The summed E-state index contributed by atoms with van der Waals surface area (Å²) in [6.07, 6.45) is 3.50. The molecule has 1 atom stereocenters. The van der Waals surface area contributed by atoms with Crippen LogP contribution in [0.5, 0.6) is 0 Å². The van der Waals surface area contributed by atoms with Crippen molar-refractivity contribution in [2.45, 2.75) is 6.04 Å². The van der Waals surface area contributed by atoms with E-state index < -0.39 is 0 Å². The van der Waals surface area contributed by atoms with Gasteiger partial charge in [-0.2, -0.15) is 0 Å². The summed E-state index contributed by atoms with van der Waals surface area (Å²) < 4.78 is 5.20. The summed E-state index contributed by atoms with van der Waals surface area (Å²) in [5, 5.41) is 0. The largest absolute Gasteiger partial charge is 0.472 e. The van der Waals surface area contributed by atoms with E-state index in [1.807, 2.05) is 6.07 Å². The second kappa shape index (κ2) is 4.97. The van der Waals surface area contributed by atoms with Crippen molar-refractivity contribution in [1.82, 2.24) is 0 Å². The van der Waals surface area contributed by atoms with Crippen molar-refractivity contribution in [1.29, 1.82) is 0 Å². The van der Waals surface area contributed by atoms with Crippen LogP contribution in [-0.2, 0) is 0 Å². The highest BCUT2D eigenvalue weighted by atomic mass is 16.3. The molecule has 0 fully saturated rings.